The van der Waals surface area contributed by atoms with Gasteiger partial charge in [0.2, 0.25) is 0 Å². The van der Waals surface area contributed by atoms with Crippen LogP contribution in [0.4, 0.5) is 0 Å². The van der Waals surface area contributed by atoms with E-state index in [4.69, 9.17) is 5.11 Å². The van der Waals surface area contributed by atoms with Gasteiger partial charge in [0, 0.05) is 11.9 Å². The molecule has 0 saturated heterocycles. The third-order valence-electron chi connectivity index (χ3n) is 2.15. The molecule has 0 bridgehead atoms. The van der Waals surface area contributed by atoms with E-state index in [1.54, 1.807) is 25.2 Å². The van der Waals surface area contributed by atoms with Crippen molar-refractivity contribution in [3.05, 3.63) is 16.1 Å². The van der Waals surface area contributed by atoms with Gasteiger partial charge in [0.1, 0.15) is 5.54 Å². The van der Waals surface area contributed by atoms with E-state index < -0.39 is 11.5 Å². The van der Waals surface area contributed by atoms with Gasteiger partial charge in [-0.1, -0.05) is 6.92 Å². The van der Waals surface area contributed by atoms with Crippen LogP contribution >= 0.6 is 11.3 Å². The Morgan fingerprint density at radius 2 is 2.33 bits per heavy atom. The maximum absolute atomic E-state index is 10.8. The second kappa shape index (κ2) is 4.72. The van der Waals surface area contributed by atoms with Crippen LogP contribution in [0.3, 0.4) is 0 Å². The average molecular weight is 228 g/mol. The highest BCUT2D eigenvalue weighted by Gasteiger charge is 2.26. The molecule has 4 nitrogen and oxygen atoms in total. The maximum atomic E-state index is 10.8. The van der Waals surface area contributed by atoms with Gasteiger partial charge >= 0.3 is 5.97 Å². The summed E-state index contributed by atoms with van der Waals surface area (Å²) in [6.07, 6.45) is 0.924. The van der Waals surface area contributed by atoms with Gasteiger partial charge < -0.3 is 5.11 Å². The van der Waals surface area contributed by atoms with E-state index in [9.17, 15) is 4.79 Å². The lowest BCUT2D eigenvalue weighted by atomic mass is 10.1. The Kier molecular flexibility index (Phi) is 3.82. The second-order valence-electron chi connectivity index (χ2n) is 3.87. The Hall–Kier alpha value is -0.940. The van der Waals surface area contributed by atoms with Gasteiger partial charge in [-0.05, 0) is 20.3 Å². The van der Waals surface area contributed by atoms with Crippen LogP contribution in [0.5, 0.6) is 0 Å². The van der Waals surface area contributed by atoms with Crippen LogP contribution in [0.15, 0.2) is 5.38 Å². The third-order valence-corrected chi connectivity index (χ3v) is 3.19. The van der Waals surface area contributed by atoms with Crippen LogP contribution in [0.1, 0.15) is 31.5 Å². The zero-order chi connectivity index (χ0) is 11.5. The van der Waals surface area contributed by atoms with E-state index in [0.29, 0.717) is 6.54 Å². The number of aliphatic carboxylic acids is 1. The minimum Gasteiger partial charge on any atom is -0.480 e. The van der Waals surface area contributed by atoms with Gasteiger partial charge in [-0.15, -0.1) is 11.3 Å². The molecule has 84 valence electrons. The predicted octanol–water partition coefficient (Wildman–Crippen LogP) is 1.66. The summed E-state index contributed by atoms with van der Waals surface area (Å²) in [6, 6.07) is 0. The summed E-state index contributed by atoms with van der Waals surface area (Å²) in [5, 5.41) is 14.9. The molecule has 0 atom stereocenters. The van der Waals surface area contributed by atoms with E-state index in [-0.39, 0.29) is 0 Å². The molecule has 15 heavy (non-hydrogen) atoms. The van der Waals surface area contributed by atoms with Crippen LogP contribution < -0.4 is 5.32 Å². The molecule has 0 aromatic carbocycles. The lowest BCUT2D eigenvalue weighted by Crippen LogP contribution is -2.46. The highest BCUT2D eigenvalue weighted by atomic mass is 32.1. The highest BCUT2D eigenvalue weighted by molar-refractivity contribution is 7.09. The summed E-state index contributed by atoms with van der Waals surface area (Å²) in [5.41, 5.74) is 0.00174. The number of nitrogens with zero attached hydrogens (tertiary/aromatic N) is 1. The summed E-state index contributed by atoms with van der Waals surface area (Å²) >= 11 is 1.61. The molecule has 0 aliphatic carbocycles. The summed E-state index contributed by atoms with van der Waals surface area (Å²) in [4.78, 5) is 15.2. The van der Waals surface area contributed by atoms with Crippen molar-refractivity contribution in [3.63, 3.8) is 0 Å². The molecule has 1 heterocycles. The summed E-state index contributed by atoms with van der Waals surface area (Å²) < 4.78 is 0. The van der Waals surface area contributed by atoms with Gasteiger partial charge in [-0.25, -0.2) is 4.98 Å². The fraction of sp³-hybridized carbons (Fsp3) is 0.600. The number of carbonyl (C=O) groups is 1. The van der Waals surface area contributed by atoms with Gasteiger partial charge in [-0.2, -0.15) is 0 Å². The van der Waals surface area contributed by atoms with Gasteiger partial charge in [0.15, 0.2) is 0 Å². The Balaban J connectivity index is 2.53. The molecular weight excluding hydrogens is 212 g/mol. The molecule has 2 N–H and O–H groups in total. The van der Waals surface area contributed by atoms with E-state index >= 15 is 0 Å². The number of nitrogens with one attached hydrogen (secondary N) is 1. The molecule has 0 saturated carbocycles. The monoisotopic (exact) mass is 228 g/mol. The maximum Gasteiger partial charge on any atom is 0.323 e. The zero-order valence-corrected chi connectivity index (χ0v) is 10.0. The van der Waals surface area contributed by atoms with Crippen molar-refractivity contribution in [2.45, 2.75) is 39.3 Å². The smallest absolute Gasteiger partial charge is 0.323 e. The minimum atomic E-state index is -0.907. The molecule has 0 unspecified atom stereocenters. The van der Waals surface area contributed by atoms with Gasteiger partial charge in [0.25, 0.3) is 0 Å². The molecule has 0 spiro atoms. The number of rotatable bonds is 5. The SMILES string of the molecule is CCc1nc(CNC(C)(C)C(=O)O)cs1. The average Bonchev–Trinajstić information content (AvgIpc) is 2.62. The quantitative estimate of drug-likeness (QED) is 0.804. The molecule has 1 aromatic rings. The largest absolute Gasteiger partial charge is 0.480 e. The van der Waals surface area contributed by atoms with E-state index in [1.165, 1.54) is 0 Å². The number of hydrogen-bond acceptors (Lipinski definition) is 4. The van der Waals surface area contributed by atoms with E-state index in [1.807, 2.05) is 5.38 Å². The highest BCUT2D eigenvalue weighted by Crippen LogP contribution is 2.11. The van der Waals surface area contributed by atoms with Crippen molar-refractivity contribution in [1.82, 2.24) is 10.3 Å². The van der Waals surface area contributed by atoms with E-state index in [2.05, 4.69) is 17.2 Å². The Bertz CT molecular complexity index is 347. The first kappa shape index (κ1) is 12.1. The number of carboxylic acids is 1. The fourth-order valence-corrected chi connectivity index (χ4v) is 1.72. The van der Waals surface area contributed by atoms with Crippen LogP contribution in [-0.2, 0) is 17.8 Å². The summed E-state index contributed by atoms with van der Waals surface area (Å²) in [6.45, 7) is 5.83. The molecular formula is C10H16N2O2S. The fourth-order valence-electron chi connectivity index (χ4n) is 0.980. The lowest BCUT2D eigenvalue weighted by molar-refractivity contribution is -0.143. The van der Waals surface area contributed by atoms with E-state index in [0.717, 1.165) is 17.1 Å². The third kappa shape index (κ3) is 3.28. The molecule has 0 fully saturated rings. The molecule has 0 aliphatic heterocycles. The minimum absolute atomic E-state index is 0.496. The van der Waals surface area contributed by atoms with Crippen molar-refractivity contribution in [2.24, 2.45) is 0 Å². The standard InChI is InChI=1S/C10H16N2O2S/c1-4-8-12-7(6-15-8)5-11-10(2,3)9(13)14/h6,11H,4-5H2,1-3H3,(H,13,14). The Morgan fingerprint density at radius 1 is 1.67 bits per heavy atom. The van der Waals surface area contributed by atoms with Crippen LogP contribution in [0.2, 0.25) is 0 Å². The molecule has 0 radical (unpaired) electrons. The molecule has 1 rings (SSSR count). The molecule has 5 heteroatoms. The number of thiazole rings is 1. The van der Waals surface area contributed by atoms with Crippen molar-refractivity contribution < 1.29 is 9.90 Å². The first-order valence-corrected chi connectivity index (χ1v) is 5.75. The van der Waals surface area contributed by atoms with Crippen molar-refractivity contribution in [3.8, 4) is 0 Å². The molecule has 0 aliphatic rings. The number of hydrogen-bond donors (Lipinski definition) is 2. The van der Waals surface area contributed by atoms with Crippen molar-refractivity contribution >= 4 is 17.3 Å². The lowest BCUT2D eigenvalue weighted by Gasteiger charge is -2.20. The first-order valence-electron chi connectivity index (χ1n) is 4.87. The summed E-state index contributed by atoms with van der Waals surface area (Å²) in [5.74, 6) is -0.853. The number of carboxylic acid groups (broad SMARTS) is 1. The second-order valence-corrected chi connectivity index (χ2v) is 4.81. The molecule has 1 aromatic heterocycles. The molecule has 0 amide bonds. The first-order chi connectivity index (χ1) is 6.95. The summed E-state index contributed by atoms with van der Waals surface area (Å²) in [7, 11) is 0. The van der Waals surface area contributed by atoms with Crippen LogP contribution in [0, 0.1) is 0 Å². The van der Waals surface area contributed by atoms with Gasteiger partial charge in [0.05, 0.1) is 10.7 Å². The Labute approximate surface area is 93.4 Å². The van der Waals surface area contributed by atoms with Crippen LogP contribution in [0.25, 0.3) is 0 Å². The van der Waals surface area contributed by atoms with Crippen molar-refractivity contribution in [1.29, 1.82) is 0 Å². The number of aromatic nitrogens is 1. The van der Waals surface area contributed by atoms with Crippen molar-refractivity contribution in [2.75, 3.05) is 0 Å². The zero-order valence-electron chi connectivity index (χ0n) is 9.20. The topological polar surface area (TPSA) is 62.2 Å². The normalized spacial score (nSPS) is 11.7. The number of aryl methyl sites for hydroxylation is 1. The van der Waals surface area contributed by atoms with Gasteiger partial charge in [-0.3, -0.25) is 10.1 Å². The predicted molar refractivity (Wildman–Crippen MR) is 60.0 cm³/mol. The Morgan fingerprint density at radius 3 is 2.80 bits per heavy atom. The van der Waals surface area contributed by atoms with Crippen LogP contribution in [-0.4, -0.2) is 21.6 Å².